The lowest BCUT2D eigenvalue weighted by molar-refractivity contribution is 0.0964. The average Bonchev–Trinajstić information content (AvgIpc) is 3.70. The Morgan fingerprint density at radius 1 is 1.15 bits per heavy atom. The zero-order valence-corrected chi connectivity index (χ0v) is 23.6. The van der Waals surface area contributed by atoms with Crippen LogP contribution in [0.3, 0.4) is 0 Å². The molecule has 1 fully saturated rings. The smallest absolute Gasteiger partial charge is 0.455 e. The Morgan fingerprint density at radius 2 is 1.83 bits per heavy atom. The van der Waals surface area contributed by atoms with Gasteiger partial charge in [0.1, 0.15) is 17.2 Å². The SMILES string of the molecule is CNC(=O)c1c(-c2ccc(F)cc2)oc2cc(CN(c3ccc(B(O)O)c(S(C)(=O)=O)c3)S(=O)O)c(C3CC3)cc12. The van der Waals surface area contributed by atoms with Gasteiger partial charge in [-0.3, -0.25) is 13.7 Å². The average molecular weight is 600 g/mol. The molecule has 0 bridgehead atoms. The molecule has 1 amide bonds. The predicted molar refractivity (Wildman–Crippen MR) is 153 cm³/mol. The van der Waals surface area contributed by atoms with Crippen LogP contribution in [0, 0.1) is 5.82 Å². The largest absolute Gasteiger partial charge is 0.489 e. The quantitative estimate of drug-likeness (QED) is 0.169. The molecule has 1 atom stereocenters. The van der Waals surface area contributed by atoms with Crippen molar-refractivity contribution in [2.45, 2.75) is 30.2 Å². The summed E-state index contributed by atoms with van der Waals surface area (Å²) in [7, 11) is -4.49. The Morgan fingerprint density at radius 3 is 2.39 bits per heavy atom. The fourth-order valence-corrected chi connectivity index (χ4v) is 6.35. The first-order valence-electron chi connectivity index (χ1n) is 12.5. The fraction of sp³-hybridized carbons (Fsp3) is 0.222. The highest BCUT2D eigenvalue weighted by Gasteiger charge is 2.31. The van der Waals surface area contributed by atoms with Crippen LogP contribution in [0.5, 0.6) is 0 Å². The molecule has 3 aromatic carbocycles. The minimum atomic E-state index is -3.92. The molecule has 1 aromatic heterocycles. The van der Waals surface area contributed by atoms with Gasteiger partial charge < -0.3 is 19.8 Å². The summed E-state index contributed by atoms with van der Waals surface area (Å²) in [6.45, 7) is -0.128. The number of nitrogens with one attached hydrogen (secondary N) is 1. The summed E-state index contributed by atoms with van der Waals surface area (Å²) in [6.07, 6.45) is 2.65. The summed E-state index contributed by atoms with van der Waals surface area (Å²) in [5, 5.41) is 22.4. The van der Waals surface area contributed by atoms with Gasteiger partial charge in [0.25, 0.3) is 17.2 Å². The maximum Gasteiger partial charge on any atom is 0.489 e. The van der Waals surface area contributed by atoms with E-state index in [0.29, 0.717) is 22.1 Å². The highest BCUT2D eigenvalue weighted by atomic mass is 32.2. The van der Waals surface area contributed by atoms with Crippen LogP contribution in [0.2, 0.25) is 0 Å². The van der Waals surface area contributed by atoms with Crippen LogP contribution in [0.4, 0.5) is 10.1 Å². The lowest BCUT2D eigenvalue weighted by Crippen LogP contribution is -2.35. The van der Waals surface area contributed by atoms with Gasteiger partial charge in [-0.25, -0.2) is 17.0 Å². The van der Waals surface area contributed by atoms with Crippen molar-refractivity contribution < 1.29 is 40.8 Å². The van der Waals surface area contributed by atoms with E-state index in [0.717, 1.165) is 35.0 Å². The van der Waals surface area contributed by atoms with E-state index in [1.807, 2.05) is 6.07 Å². The molecule has 1 unspecified atom stereocenters. The van der Waals surface area contributed by atoms with Crippen LogP contribution in [-0.4, -0.2) is 53.6 Å². The van der Waals surface area contributed by atoms with Gasteiger partial charge in [-0.05, 0) is 78.4 Å². The molecule has 0 radical (unpaired) electrons. The normalized spacial score (nSPS) is 14.2. The molecule has 4 N–H and O–H groups in total. The zero-order chi connectivity index (χ0) is 29.6. The second-order valence-corrected chi connectivity index (χ2v) is 12.7. The molecule has 0 aliphatic heterocycles. The van der Waals surface area contributed by atoms with E-state index in [4.69, 9.17) is 4.42 Å². The molecule has 5 rings (SSSR count). The van der Waals surface area contributed by atoms with Crippen molar-refractivity contribution in [3.63, 3.8) is 0 Å². The van der Waals surface area contributed by atoms with E-state index in [-0.39, 0.29) is 39.8 Å². The van der Waals surface area contributed by atoms with Gasteiger partial charge in [0.05, 0.1) is 22.7 Å². The Kier molecular flexibility index (Phi) is 7.79. The second kappa shape index (κ2) is 11.0. The number of halogens is 1. The summed E-state index contributed by atoms with van der Waals surface area (Å²) in [4.78, 5) is 12.6. The summed E-state index contributed by atoms with van der Waals surface area (Å²) in [5.41, 5.74) is 2.38. The number of furan rings is 1. The van der Waals surface area contributed by atoms with E-state index in [1.54, 1.807) is 6.07 Å². The molecule has 41 heavy (non-hydrogen) atoms. The molecule has 214 valence electrons. The Labute approximate surface area is 238 Å². The Bertz CT molecular complexity index is 1790. The molecule has 10 nitrogen and oxygen atoms in total. The molecular formula is C27H26BFN2O8S2. The first kappa shape index (κ1) is 29.0. The highest BCUT2D eigenvalue weighted by molar-refractivity contribution is 7.91. The van der Waals surface area contributed by atoms with Crippen LogP contribution in [0.1, 0.15) is 40.2 Å². The molecule has 14 heteroatoms. The minimum absolute atomic E-state index is 0.0648. The van der Waals surface area contributed by atoms with Crippen molar-refractivity contribution in [1.29, 1.82) is 0 Å². The first-order chi connectivity index (χ1) is 19.4. The van der Waals surface area contributed by atoms with Gasteiger partial charge >= 0.3 is 7.12 Å². The van der Waals surface area contributed by atoms with E-state index in [2.05, 4.69) is 5.32 Å². The number of sulfone groups is 1. The van der Waals surface area contributed by atoms with Gasteiger partial charge in [-0.15, -0.1) is 0 Å². The van der Waals surface area contributed by atoms with Gasteiger partial charge in [0.2, 0.25) is 0 Å². The van der Waals surface area contributed by atoms with Gasteiger partial charge in [-0.1, -0.05) is 6.07 Å². The maximum atomic E-state index is 13.6. The molecule has 0 saturated heterocycles. The topological polar surface area (TPSA) is 157 Å². The summed E-state index contributed by atoms with van der Waals surface area (Å²) < 4.78 is 68.3. The first-order valence-corrected chi connectivity index (χ1v) is 15.5. The van der Waals surface area contributed by atoms with Crippen molar-refractivity contribution in [3.8, 4) is 11.3 Å². The van der Waals surface area contributed by atoms with Crippen molar-refractivity contribution in [2.75, 3.05) is 17.6 Å². The molecule has 1 aliphatic rings. The van der Waals surface area contributed by atoms with Crippen LogP contribution >= 0.6 is 0 Å². The molecule has 0 spiro atoms. The summed E-state index contributed by atoms with van der Waals surface area (Å²) in [5.74, 6) is -0.446. The van der Waals surface area contributed by atoms with E-state index in [1.165, 1.54) is 43.4 Å². The van der Waals surface area contributed by atoms with E-state index in [9.17, 15) is 36.4 Å². The van der Waals surface area contributed by atoms with Gasteiger partial charge in [0, 0.05) is 29.7 Å². The van der Waals surface area contributed by atoms with Crippen molar-refractivity contribution >= 4 is 56.2 Å². The van der Waals surface area contributed by atoms with Crippen LogP contribution in [0.25, 0.3) is 22.3 Å². The Balaban J connectivity index is 1.65. The number of rotatable bonds is 9. The lowest BCUT2D eigenvalue weighted by atomic mass is 9.80. The minimum Gasteiger partial charge on any atom is -0.455 e. The van der Waals surface area contributed by atoms with Crippen molar-refractivity contribution in [2.24, 2.45) is 0 Å². The monoisotopic (exact) mass is 600 g/mol. The standard InChI is InChI=1S/C27H26BFN2O8S2/c1-30-27(32)25-21-13-20(15-3-4-15)17(11-23(21)39-26(25)16-5-7-18(29)8-6-16)14-31(40(35)36)19-9-10-22(28(33)34)24(12-19)41(2,37)38/h5-13,15,33-34H,3-4,14H2,1-2H3,(H,30,32)(H,35,36). The number of amides is 1. The lowest BCUT2D eigenvalue weighted by Gasteiger charge is -2.23. The summed E-state index contributed by atoms with van der Waals surface area (Å²) >= 11 is -2.60. The number of hydrogen-bond acceptors (Lipinski definition) is 7. The van der Waals surface area contributed by atoms with Gasteiger partial charge in [-0.2, -0.15) is 0 Å². The molecule has 1 aliphatic carbocycles. The number of carbonyl (C=O) groups is 1. The number of benzene rings is 3. The number of nitrogens with zero attached hydrogens (tertiary/aromatic N) is 1. The second-order valence-electron chi connectivity index (χ2n) is 9.85. The van der Waals surface area contributed by atoms with Gasteiger partial charge in [0.15, 0.2) is 9.84 Å². The van der Waals surface area contributed by atoms with E-state index >= 15 is 0 Å². The van der Waals surface area contributed by atoms with Crippen LogP contribution in [0.15, 0.2) is 63.9 Å². The number of fused-ring (bicyclic) bond motifs is 1. The number of anilines is 1. The predicted octanol–water partition coefficient (Wildman–Crippen LogP) is 2.70. The third-order valence-electron chi connectivity index (χ3n) is 6.99. The summed E-state index contributed by atoms with van der Waals surface area (Å²) in [6, 6.07) is 12.7. The third kappa shape index (κ3) is 5.79. The van der Waals surface area contributed by atoms with Crippen LogP contribution < -0.4 is 15.1 Å². The molecule has 1 heterocycles. The number of carbonyl (C=O) groups excluding carboxylic acids is 1. The third-order valence-corrected chi connectivity index (χ3v) is 8.86. The number of hydrogen-bond donors (Lipinski definition) is 4. The zero-order valence-electron chi connectivity index (χ0n) is 22.0. The molecular weight excluding hydrogens is 574 g/mol. The highest BCUT2D eigenvalue weighted by Crippen LogP contribution is 2.45. The maximum absolute atomic E-state index is 13.6. The Hall–Kier alpha value is -3.56. The van der Waals surface area contributed by atoms with Crippen molar-refractivity contribution in [1.82, 2.24) is 5.32 Å². The van der Waals surface area contributed by atoms with E-state index < -0.39 is 39.9 Å². The fourth-order valence-electron chi connectivity index (χ4n) is 4.87. The van der Waals surface area contributed by atoms with Crippen LogP contribution in [-0.2, 0) is 27.6 Å². The van der Waals surface area contributed by atoms with Crippen molar-refractivity contribution in [3.05, 3.63) is 77.1 Å². The molecule has 1 saturated carbocycles. The molecule has 4 aromatic rings.